The quantitative estimate of drug-likeness (QED) is 0.872. The summed E-state index contributed by atoms with van der Waals surface area (Å²) in [4.78, 5) is 4.21. The van der Waals surface area contributed by atoms with Gasteiger partial charge in [0.1, 0.15) is 5.82 Å². The number of nitrogens with zero attached hydrogens (tertiary/aromatic N) is 1. The van der Waals surface area contributed by atoms with Gasteiger partial charge in [-0.3, -0.25) is 0 Å². The van der Waals surface area contributed by atoms with Crippen molar-refractivity contribution in [1.29, 1.82) is 0 Å². The Hall–Kier alpha value is -1.87. The molecule has 3 nitrogen and oxygen atoms in total. The molecule has 0 radical (unpaired) electrons. The molecule has 2 N–H and O–H groups in total. The second kappa shape index (κ2) is 8.54. The van der Waals surface area contributed by atoms with Crippen molar-refractivity contribution in [3.63, 3.8) is 0 Å². The molecule has 120 valence electrons. The number of benzene rings is 1. The zero-order valence-corrected chi connectivity index (χ0v) is 14.4. The highest BCUT2D eigenvalue weighted by atomic mass is 16.3. The lowest BCUT2D eigenvalue weighted by atomic mass is 9.96. The topological polar surface area (TPSA) is 45.1 Å². The number of aliphatic hydroxyl groups is 1. The molecule has 1 heterocycles. The van der Waals surface area contributed by atoms with Crippen LogP contribution in [0.2, 0.25) is 0 Å². The van der Waals surface area contributed by atoms with E-state index in [-0.39, 0.29) is 0 Å². The molecular weight excluding hydrogens is 272 g/mol. The number of rotatable bonds is 4. The van der Waals surface area contributed by atoms with Gasteiger partial charge < -0.3 is 10.4 Å². The lowest BCUT2D eigenvalue weighted by molar-refractivity contribution is 0.0810. The van der Waals surface area contributed by atoms with Gasteiger partial charge in [0.15, 0.2) is 0 Å². The van der Waals surface area contributed by atoms with Crippen LogP contribution in [0.4, 0.5) is 5.82 Å². The van der Waals surface area contributed by atoms with Crippen LogP contribution in [-0.4, -0.2) is 22.7 Å². The van der Waals surface area contributed by atoms with Crippen molar-refractivity contribution < 1.29 is 5.11 Å². The average Bonchev–Trinajstić information content (AvgIpc) is 2.47. The van der Waals surface area contributed by atoms with Gasteiger partial charge >= 0.3 is 0 Å². The van der Waals surface area contributed by atoms with Crippen molar-refractivity contribution in [2.45, 2.75) is 46.1 Å². The number of aromatic nitrogens is 1. The lowest BCUT2D eigenvalue weighted by Crippen LogP contribution is -2.21. The van der Waals surface area contributed by atoms with Crippen molar-refractivity contribution in [3.8, 4) is 11.1 Å². The van der Waals surface area contributed by atoms with E-state index in [1.165, 1.54) is 6.42 Å². The number of pyridine rings is 1. The number of nitrogens with one attached hydrogen (secondary N) is 1. The van der Waals surface area contributed by atoms with Crippen molar-refractivity contribution in [1.82, 2.24) is 4.98 Å². The highest BCUT2D eigenvalue weighted by molar-refractivity contribution is 5.66. The summed E-state index contributed by atoms with van der Waals surface area (Å²) in [7, 11) is 1.86. The van der Waals surface area contributed by atoms with Crippen LogP contribution in [0.5, 0.6) is 0 Å². The van der Waals surface area contributed by atoms with E-state index in [1.807, 2.05) is 45.2 Å². The number of hydrogen-bond donors (Lipinski definition) is 2. The first-order valence-electron chi connectivity index (χ1n) is 7.85. The first-order valence-corrected chi connectivity index (χ1v) is 7.85. The fourth-order valence-electron chi connectivity index (χ4n) is 2.11. The summed E-state index contributed by atoms with van der Waals surface area (Å²) in [5.41, 5.74) is 2.71. The van der Waals surface area contributed by atoms with Gasteiger partial charge in [-0.25, -0.2) is 4.98 Å². The van der Waals surface area contributed by atoms with E-state index < -0.39 is 5.60 Å². The van der Waals surface area contributed by atoms with E-state index in [1.54, 1.807) is 6.20 Å². The second-order valence-electron chi connectivity index (χ2n) is 6.08. The van der Waals surface area contributed by atoms with Gasteiger partial charge in [-0.1, -0.05) is 44.5 Å². The van der Waals surface area contributed by atoms with Crippen molar-refractivity contribution in [2.24, 2.45) is 0 Å². The van der Waals surface area contributed by atoms with Crippen LogP contribution < -0.4 is 5.32 Å². The van der Waals surface area contributed by atoms with Crippen molar-refractivity contribution >= 4 is 5.82 Å². The van der Waals surface area contributed by atoms with Gasteiger partial charge in [-0.05, 0) is 42.7 Å². The van der Waals surface area contributed by atoms with E-state index in [0.29, 0.717) is 6.42 Å². The fourth-order valence-corrected chi connectivity index (χ4v) is 2.11. The van der Waals surface area contributed by atoms with Gasteiger partial charge in [0.25, 0.3) is 0 Å². The number of anilines is 1. The Labute approximate surface area is 134 Å². The SMILES string of the molecule is CCC.CNc1cc(-c2cccc(CC(C)(C)O)c2)ccn1. The standard InChI is InChI=1S/C16H20N2O.C3H8/c1-16(2,19)11-12-5-4-6-13(9-12)14-7-8-18-15(10-14)17-3;1-3-2/h4-10,19H,11H2,1-3H3,(H,17,18);3H2,1-2H3. The van der Waals surface area contributed by atoms with Crippen molar-refractivity contribution in [2.75, 3.05) is 12.4 Å². The summed E-state index contributed by atoms with van der Waals surface area (Å²) < 4.78 is 0. The van der Waals surface area contributed by atoms with Crippen LogP contribution in [0, 0.1) is 0 Å². The Morgan fingerprint density at radius 2 is 1.73 bits per heavy atom. The molecule has 0 aliphatic rings. The summed E-state index contributed by atoms with van der Waals surface area (Å²) in [6, 6.07) is 12.3. The predicted octanol–water partition coefficient (Wildman–Crippen LogP) is 4.52. The largest absolute Gasteiger partial charge is 0.390 e. The summed E-state index contributed by atoms with van der Waals surface area (Å²) >= 11 is 0. The maximum Gasteiger partial charge on any atom is 0.126 e. The monoisotopic (exact) mass is 300 g/mol. The molecule has 0 aliphatic carbocycles. The maximum atomic E-state index is 9.89. The first kappa shape index (κ1) is 18.2. The smallest absolute Gasteiger partial charge is 0.126 e. The maximum absolute atomic E-state index is 9.89. The molecule has 0 unspecified atom stereocenters. The molecule has 22 heavy (non-hydrogen) atoms. The third kappa shape index (κ3) is 6.27. The zero-order chi connectivity index (χ0) is 16.6. The van der Waals surface area contributed by atoms with Crippen LogP contribution in [0.1, 0.15) is 39.7 Å². The molecule has 0 amide bonds. The van der Waals surface area contributed by atoms with E-state index in [9.17, 15) is 5.11 Å². The van der Waals surface area contributed by atoms with Crippen LogP contribution in [0.3, 0.4) is 0 Å². The molecule has 0 spiro atoms. The molecule has 3 heteroatoms. The van der Waals surface area contributed by atoms with Crippen LogP contribution >= 0.6 is 0 Å². The highest BCUT2D eigenvalue weighted by Crippen LogP contribution is 2.23. The Bertz CT molecular complexity index is 574. The van der Waals surface area contributed by atoms with Crippen LogP contribution in [0.25, 0.3) is 11.1 Å². The van der Waals surface area contributed by atoms with Crippen LogP contribution in [-0.2, 0) is 6.42 Å². The molecule has 0 bridgehead atoms. The molecule has 0 fully saturated rings. The summed E-state index contributed by atoms with van der Waals surface area (Å²) in [6.07, 6.45) is 3.69. The van der Waals surface area contributed by atoms with E-state index in [0.717, 1.165) is 22.5 Å². The van der Waals surface area contributed by atoms with E-state index >= 15 is 0 Å². The minimum Gasteiger partial charge on any atom is -0.390 e. The Kier molecular flexibility index (Phi) is 7.06. The van der Waals surface area contributed by atoms with Gasteiger partial charge in [0.05, 0.1) is 5.60 Å². The Morgan fingerprint density at radius 1 is 1.09 bits per heavy atom. The molecular formula is C19H28N2O. The zero-order valence-electron chi connectivity index (χ0n) is 14.4. The van der Waals surface area contributed by atoms with E-state index in [4.69, 9.17) is 0 Å². The Balaban J connectivity index is 0.000000745. The third-order valence-corrected chi connectivity index (χ3v) is 2.91. The molecule has 2 aromatic rings. The normalized spacial score (nSPS) is 10.6. The third-order valence-electron chi connectivity index (χ3n) is 2.91. The van der Waals surface area contributed by atoms with Gasteiger partial charge in [0, 0.05) is 19.7 Å². The van der Waals surface area contributed by atoms with Gasteiger partial charge in [-0.15, -0.1) is 0 Å². The molecule has 0 saturated heterocycles. The summed E-state index contributed by atoms with van der Waals surface area (Å²) in [6.45, 7) is 7.90. The summed E-state index contributed by atoms with van der Waals surface area (Å²) in [5, 5.41) is 12.9. The molecule has 2 rings (SSSR count). The van der Waals surface area contributed by atoms with Crippen molar-refractivity contribution in [3.05, 3.63) is 48.2 Å². The van der Waals surface area contributed by atoms with Gasteiger partial charge in [0.2, 0.25) is 0 Å². The average molecular weight is 300 g/mol. The minimum absolute atomic E-state index is 0.644. The Morgan fingerprint density at radius 3 is 2.32 bits per heavy atom. The summed E-state index contributed by atoms with van der Waals surface area (Å²) in [5.74, 6) is 0.852. The lowest BCUT2D eigenvalue weighted by Gasteiger charge is -2.17. The second-order valence-corrected chi connectivity index (χ2v) is 6.08. The molecule has 0 atom stereocenters. The van der Waals surface area contributed by atoms with E-state index in [2.05, 4.69) is 36.3 Å². The van der Waals surface area contributed by atoms with Crippen LogP contribution in [0.15, 0.2) is 42.6 Å². The van der Waals surface area contributed by atoms with Gasteiger partial charge in [-0.2, -0.15) is 0 Å². The fraction of sp³-hybridized carbons (Fsp3) is 0.421. The first-order chi connectivity index (χ1) is 10.4. The number of hydrogen-bond acceptors (Lipinski definition) is 3. The predicted molar refractivity (Wildman–Crippen MR) is 95.2 cm³/mol. The minimum atomic E-state index is -0.687. The molecule has 1 aromatic carbocycles. The highest BCUT2D eigenvalue weighted by Gasteiger charge is 2.13. The molecule has 1 aromatic heterocycles. The molecule has 0 saturated carbocycles. The molecule has 0 aliphatic heterocycles.